The van der Waals surface area contributed by atoms with Gasteiger partial charge in [0.25, 0.3) is 0 Å². The van der Waals surface area contributed by atoms with Crippen LogP contribution in [-0.2, 0) is 6.42 Å². The molecule has 0 aliphatic heterocycles. The third-order valence-corrected chi connectivity index (χ3v) is 5.25. The van der Waals surface area contributed by atoms with E-state index in [0.29, 0.717) is 12.6 Å². The van der Waals surface area contributed by atoms with E-state index < -0.39 is 0 Å². The summed E-state index contributed by atoms with van der Waals surface area (Å²) >= 11 is 4.31. The lowest BCUT2D eigenvalue weighted by atomic mass is 9.94. The third-order valence-electron chi connectivity index (χ3n) is 3.28. The Balaban J connectivity index is 1.80. The van der Waals surface area contributed by atoms with E-state index in [0.717, 1.165) is 6.54 Å². The molecule has 0 bridgehead atoms. The summed E-state index contributed by atoms with van der Waals surface area (Å²) in [5, 5.41) is 6.43. The van der Waals surface area contributed by atoms with Crippen molar-refractivity contribution in [2.75, 3.05) is 27.2 Å². The van der Waals surface area contributed by atoms with Gasteiger partial charge in [-0.2, -0.15) is 0 Å². The van der Waals surface area contributed by atoms with Crippen molar-refractivity contribution in [3.05, 3.63) is 19.4 Å². The van der Waals surface area contributed by atoms with Crippen LogP contribution >= 0.6 is 33.9 Å². The summed E-state index contributed by atoms with van der Waals surface area (Å²) in [6, 6.07) is 2.73. The third kappa shape index (κ3) is 4.06. The van der Waals surface area contributed by atoms with Crippen LogP contribution in [0.5, 0.6) is 0 Å². The van der Waals surface area contributed by atoms with Gasteiger partial charge in [0, 0.05) is 38.1 Å². The standard InChI is InChI=1S/C13H20IN3OS/c1-17(2)13(18)16-7-6-15-10-4-3-5-11-9(10)8-12(14)19-11/h8,10,15H,3-7H2,1-2H3,(H,16,18). The van der Waals surface area contributed by atoms with Gasteiger partial charge in [0.1, 0.15) is 0 Å². The maximum atomic E-state index is 11.4. The van der Waals surface area contributed by atoms with Crippen LogP contribution in [0.3, 0.4) is 0 Å². The number of aryl methyl sites for hydroxylation is 1. The van der Waals surface area contributed by atoms with Crippen molar-refractivity contribution >= 4 is 40.0 Å². The predicted molar refractivity (Wildman–Crippen MR) is 87.8 cm³/mol. The zero-order valence-corrected chi connectivity index (χ0v) is 14.3. The van der Waals surface area contributed by atoms with Crippen molar-refractivity contribution < 1.29 is 4.79 Å². The zero-order chi connectivity index (χ0) is 13.8. The number of fused-ring (bicyclic) bond motifs is 1. The molecule has 4 nitrogen and oxygen atoms in total. The van der Waals surface area contributed by atoms with Gasteiger partial charge in [-0.3, -0.25) is 0 Å². The maximum Gasteiger partial charge on any atom is 0.316 e. The zero-order valence-electron chi connectivity index (χ0n) is 11.3. The molecule has 1 heterocycles. The fraction of sp³-hybridized carbons (Fsp3) is 0.615. The summed E-state index contributed by atoms with van der Waals surface area (Å²) in [5.41, 5.74) is 1.47. The molecule has 0 aromatic carbocycles. The maximum absolute atomic E-state index is 11.4. The number of hydrogen-bond acceptors (Lipinski definition) is 3. The number of hydrogen-bond donors (Lipinski definition) is 2. The molecule has 2 amide bonds. The Morgan fingerprint density at radius 1 is 1.53 bits per heavy atom. The monoisotopic (exact) mass is 393 g/mol. The molecule has 0 fully saturated rings. The van der Waals surface area contributed by atoms with Gasteiger partial charge in [0.05, 0.1) is 2.88 Å². The number of urea groups is 1. The van der Waals surface area contributed by atoms with E-state index in [-0.39, 0.29) is 6.03 Å². The van der Waals surface area contributed by atoms with E-state index in [1.807, 2.05) is 11.3 Å². The Hall–Kier alpha value is -0.340. The molecule has 1 aliphatic rings. The van der Waals surface area contributed by atoms with E-state index in [4.69, 9.17) is 0 Å². The molecule has 1 aromatic heterocycles. The van der Waals surface area contributed by atoms with Crippen LogP contribution in [0, 0.1) is 2.88 Å². The summed E-state index contributed by atoms with van der Waals surface area (Å²) in [7, 11) is 3.51. The van der Waals surface area contributed by atoms with E-state index in [2.05, 4.69) is 39.3 Å². The summed E-state index contributed by atoms with van der Waals surface area (Å²) in [4.78, 5) is 14.5. The number of nitrogens with zero attached hydrogens (tertiary/aromatic N) is 1. The number of carbonyl (C=O) groups is 1. The molecular formula is C13H20IN3OS. The Morgan fingerprint density at radius 2 is 2.32 bits per heavy atom. The summed E-state index contributed by atoms with van der Waals surface area (Å²) in [6.07, 6.45) is 3.67. The highest BCUT2D eigenvalue weighted by Gasteiger charge is 2.21. The van der Waals surface area contributed by atoms with Gasteiger partial charge in [0.15, 0.2) is 0 Å². The van der Waals surface area contributed by atoms with Gasteiger partial charge in [-0.25, -0.2) is 4.79 Å². The first-order chi connectivity index (χ1) is 9.08. The van der Waals surface area contributed by atoms with Gasteiger partial charge in [0.2, 0.25) is 0 Å². The van der Waals surface area contributed by atoms with Crippen molar-refractivity contribution in [2.45, 2.75) is 25.3 Å². The first kappa shape index (κ1) is 15.1. The van der Waals surface area contributed by atoms with Gasteiger partial charge >= 0.3 is 6.03 Å². The number of amides is 2. The largest absolute Gasteiger partial charge is 0.337 e. The van der Waals surface area contributed by atoms with Crippen LogP contribution in [0.15, 0.2) is 6.07 Å². The number of halogens is 1. The molecule has 0 radical (unpaired) electrons. The molecule has 2 rings (SSSR count). The van der Waals surface area contributed by atoms with Crippen molar-refractivity contribution in [1.82, 2.24) is 15.5 Å². The molecule has 1 unspecified atom stereocenters. The van der Waals surface area contributed by atoms with Crippen LogP contribution in [-0.4, -0.2) is 38.1 Å². The fourth-order valence-corrected chi connectivity index (χ4v) is 4.43. The van der Waals surface area contributed by atoms with Gasteiger partial charge in [-0.05, 0) is 53.5 Å². The first-order valence-electron chi connectivity index (χ1n) is 6.54. The van der Waals surface area contributed by atoms with Gasteiger partial charge in [-0.15, -0.1) is 11.3 Å². The quantitative estimate of drug-likeness (QED) is 0.610. The molecule has 1 aromatic rings. The minimum absolute atomic E-state index is 0.0313. The average Bonchev–Trinajstić information content (AvgIpc) is 2.75. The minimum Gasteiger partial charge on any atom is -0.337 e. The number of carbonyl (C=O) groups excluding carboxylic acids is 1. The van der Waals surface area contributed by atoms with E-state index in [9.17, 15) is 4.79 Å². The van der Waals surface area contributed by atoms with Gasteiger partial charge in [-0.1, -0.05) is 0 Å². The Labute approximate surface area is 132 Å². The Bertz CT molecular complexity index is 447. The second kappa shape index (κ2) is 6.90. The molecule has 6 heteroatoms. The Morgan fingerprint density at radius 3 is 3.05 bits per heavy atom. The second-order valence-corrected chi connectivity index (χ2v) is 7.99. The molecule has 19 heavy (non-hydrogen) atoms. The number of rotatable bonds is 4. The molecule has 0 spiro atoms. The van der Waals surface area contributed by atoms with Crippen molar-refractivity contribution in [3.63, 3.8) is 0 Å². The van der Waals surface area contributed by atoms with Crippen LogP contribution in [0.1, 0.15) is 29.3 Å². The average molecular weight is 393 g/mol. The highest BCUT2D eigenvalue weighted by Crippen LogP contribution is 2.36. The predicted octanol–water partition coefficient (Wildman–Crippen LogP) is 2.59. The normalized spacial score (nSPS) is 17.9. The lowest BCUT2D eigenvalue weighted by Gasteiger charge is -2.24. The SMILES string of the molecule is CN(C)C(=O)NCCNC1CCCc2sc(I)cc21. The van der Waals surface area contributed by atoms with Crippen molar-refractivity contribution in [2.24, 2.45) is 0 Å². The lowest BCUT2D eigenvalue weighted by Crippen LogP contribution is -2.39. The van der Waals surface area contributed by atoms with Crippen LogP contribution < -0.4 is 10.6 Å². The number of nitrogens with one attached hydrogen (secondary N) is 2. The molecule has 106 valence electrons. The molecule has 2 N–H and O–H groups in total. The van der Waals surface area contributed by atoms with Crippen molar-refractivity contribution in [3.8, 4) is 0 Å². The fourth-order valence-electron chi connectivity index (χ4n) is 2.31. The van der Waals surface area contributed by atoms with E-state index in [1.165, 1.54) is 32.6 Å². The van der Waals surface area contributed by atoms with Crippen LogP contribution in [0.25, 0.3) is 0 Å². The molecular weight excluding hydrogens is 373 g/mol. The summed E-state index contributed by atoms with van der Waals surface area (Å²) in [5.74, 6) is 0. The smallest absolute Gasteiger partial charge is 0.316 e. The summed E-state index contributed by atoms with van der Waals surface area (Å²) in [6.45, 7) is 1.49. The van der Waals surface area contributed by atoms with Gasteiger partial charge < -0.3 is 15.5 Å². The van der Waals surface area contributed by atoms with E-state index >= 15 is 0 Å². The van der Waals surface area contributed by atoms with E-state index in [1.54, 1.807) is 19.0 Å². The number of thiophene rings is 1. The minimum atomic E-state index is -0.0313. The molecule has 1 aliphatic carbocycles. The topological polar surface area (TPSA) is 44.4 Å². The van der Waals surface area contributed by atoms with Crippen LogP contribution in [0.2, 0.25) is 0 Å². The lowest BCUT2D eigenvalue weighted by molar-refractivity contribution is 0.217. The summed E-state index contributed by atoms with van der Waals surface area (Å²) < 4.78 is 1.37. The highest BCUT2D eigenvalue weighted by molar-refractivity contribution is 14.1. The Kier molecular flexibility index (Phi) is 5.47. The first-order valence-corrected chi connectivity index (χ1v) is 8.44. The highest BCUT2D eigenvalue weighted by atomic mass is 127. The molecule has 0 saturated heterocycles. The molecule has 1 atom stereocenters. The van der Waals surface area contributed by atoms with Crippen LogP contribution in [0.4, 0.5) is 4.79 Å². The second-order valence-electron chi connectivity index (χ2n) is 4.95. The van der Waals surface area contributed by atoms with Crippen molar-refractivity contribution in [1.29, 1.82) is 0 Å². The molecule has 0 saturated carbocycles.